The molecule has 6 nitrogen and oxygen atoms in total. The van der Waals surface area contributed by atoms with Gasteiger partial charge in [0.2, 0.25) is 0 Å². The predicted octanol–water partition coefficient (Wildman–Crippen LogP) is 2.42. The van der Waals surface area contributed by atoms with E-state index in [-0.39, 0.29) is 5.91 Å². The van der Waals surface area contributed by atoms with Crippen molar-refractivity contribution in [2.45, 2.75) is 37.8 Å². The molecule has 3 rings (SSSR count). The summed E-state index contributed by atoms with van der Waals surface area (Å²) in [5.41, 5.74) is 0.604. The molecule has 0 spiro atoms. The SMILES string of the molecule is COc1ccc(C(=O)N2CCC(N3CCC(OC)CC3)CC2)c(OC)c1. The Morgan fingerprint density at radius 1 is 0.962 bits per heavy atom. The average molecular weight is 362 g/mol. The maximum atomic E-state index is 12.9. The van der Waals surface area contributed by atoms with E-state index >= 15 is 0 Å². The van der Waals surface area contributed by atoms with Gasteiger partial charge in [0.05, 0.1) is 25.9 Å². The molecule has 2 heterocycles. The van der Waals surface area contributed by atoms with Crippen molar-refractivity contribution in [3.8, 4) is 11.5 Å². The number of hydrogen-bond donors (Lipinski definition) is 0. The van der Waals surface area contributed by atoms with E-state index in [2.05, 4.69) is 4.90 Å². The number of nitrogens with zero attached hydrogens (tertiary/aromatic N) is 2. The number of hydrogen-bond acceptors (Lipinski definition) is 5. The number of likely N-dealkylation sites (tertiary alicyclic amines) is 2. The molecule has 1 amide bonds. The summed E-state index contributed by atoms with van der Waals surface area (Å²) in [6.07, 6.45) is 4.69. The molecule has 1 aromatic carbocycles. The number of methoxy groups -OCH3 is 3. The van der Waals surface area contributed by atoms with Crippen LogP contribution in [0.2, 0.25) is 0 Å². The fraction of sp³-hybridized carbons (Fsp3) is 0.650. The van der Waals surface area contributed by atoms with Crippen LogP contribution in [0.3, 0.4) is 0 Å². The van der Waals surface area contributed by atoms with Crippen molar-refractivity contribution >= 4 is 5.91 Å². The molecule has 0 atom stereocenters. The monoisotopic (exact) mass is 362 g/mol. The Bertz CT molecular complexity index is 606. The normalized spacial score (nSPS) is 20.2. The second-order valence-corrected chi connectivity index (χ2v) is 7.06. The topological polar surface area (TPSA) is 51.2 Å². The number of rotatable bonds is 5. The van der Waals surface area contributed by atoms with Crippen LogP contribution in [0.4, 0.5) is 0 Å². The summed E-state index contributed by atoms with van der Waals surface area (Å²) in [6.45, 7) is 3.79. The van der Waals surface area contributed by atoms with Crippen molar-refractivity contribution < 1.29 is 19.0 Å². The van der Waals surface area contributed by atoms with Gasteiger partial charge >= 0.3 is 0 Å². The number of ether oxygens (including phenoxy) is 3. The first-order chi connectivity index (χ1) is 12.7. The fourth-order valence-corrected chi connectivity index (χ4v) is 4.06. The number of amides is 1. The zero-order valence-corrected chi connectivity index (χ0v) is 16.1. The Hall–Kier alpha value is -1.79. The summed E-state index contributed by atoms with van der Waals surface area (Å²) in [7, 11) is 5.00. The zero-order chi connectivity index (χ0) is 18.5. The molecule has 2 saturated heterocycles. The molecule has 0 aliphatic carbocycles. The Kier molecular flexibility index (Phi) is 6.38. The summed E-state index contributed by atoms with van der Waals surface area (Å²) in [4.78, 5) is 17.4. The average Bonchev–Trinajstić information content (AvgIpc) is 2.73. The Morgan fingerprint density at radius 2 is 1.65 bits per heavy atom. The number of piperidine rings is 2. The van der Waals surface area contributed by atoms with Crippen LogP contribution in [0.1, 0.15) is 36.0 Å². The molecule has 2 aliphatic rings. The van der Waals surface area contributed by atoms with E-state index in [9.17, 15) is 4.79 Å². The van der Waals surface area contributed by atoms with Crippen molar-refractivity contribution in [3.63, 3.8) is 0 Å². The smallest absolute Gasteiger partial charge is 0.257 e. The lowest BCUT2D eigenvalue weighted by Crippen LogP contribution is -2.49. The van der Waals surface area contributed by atoms with Gasteiger partial charge in [0.1, 0.15) is 11.5 Å². The van der Waals surface area contributed by atoms with Crippen LogP contribution in [-0.4, -0.2) is 75.4 Å². The highest BCUT2D eigenvalue weighted by atomic mass is 16.5. The fourth-order valence-electron chi connectivity index (χ4n) is 4.06. The third-order valence-electron chi connectivity index (χ3n) is 5.72. The van der Waals surface area contributed by atoms with Crippen LogP contribution in [-0.2, 0) is 4.74 Å². The van der Waals surface area contributed by atoms with Gasteiger partial charge in [-0.3, -0.25) is 4.79 Å². The van der Waals surface area contributed by atoms with Gasteiger partial charge in [0.15, 0.2) is 0 Å². The van der Waals surface area contributed by atoms with Crippen molar-refractivity contribution in [3.05, 3.63) is 23.8 Å². The standard InChI is InChI=1S/C20H30N2O4/c1-24-16-8-12-21(13-9-16)15-6-10-22(11-7-15)20(23)18-5-4-17(25-2)14-19(18)26-3/h4-5,14-16H,6-13H2,1-3H3. The van der Waals surface area contributed by atoms with Gasteiger partial charge in [0, 0.05) is 45.4 Å². The highest BCUT2D eigenvalue weighted by Crippen LogP contribution is 2.28. The maximum Gasteiger partial charge on any atom is 0.257 e. The molecule has 0 unspecified atom stereocenters. The minimum absolute atomic E-state index is 0.0426. The van der Waals surface area contributed by atoms with Gasteiger partial charge in [-0.15, -0.1) is 0 Å². The van der Waals surface area contributed by atoms with Crippen LogP contribution in [0.25, 0.3) is 0 Å². The quantitative estimate of drug-likeness (QED) is 0.805. The van der Waals surface area contributed by atoms with E-state index in [1.165, 1.54) is 0 Å². The second kappa shape index (κ2) is 8.73. The lowest BCUT2D eigenvalue weighted by Gasteiger charge is -2.41. The van der Waals surface area contributed by atoms with Gasteiger partial charge in [-0.1, -0.05) is 0 Å². The van der Waals surface area contributed by atoms with Gasteiger partial charge < -0.3 is 24.0 Å². The zero-order valence-electron chi connectivity index (χ0n) is 16.1. The molecular weight excluding hydrogens is 332 g/mol. The van der Waals surface area contributed by atoms with Crippen LogP contribution in [0.15, 0.2) is 18.2 Å². The number of carbonyl (C=O) groups is 1. The summed E-state index contributed by atoms with van der Waals surface area (Å²) in [5, 5.41) is 0. The second-order valence-electron chi connectivity index (χ2n) is 7.06. The third kappa shape index (κ3) is 4.13. The Morgan fingerprint density at radius 3 is 2.23 bits per heavy atom. The first-order valence-corrected chi connectivity index (χ1v) is 9.44. The largest absolute Gasteiger partial charge is 0.497 e. The summed E-state index contributed by atoms with van der Waals surface area (Å²) in [6, 6.07) is 5.94. The van der Waals surface area contributed by atoms with Crippen molar-refractivity contribution in [2.75, 3.05) is 47.5 Å². The molecule has 2 aliphatic heterocycles. The van der Waals surface area contributed by atoms with Gasteiger partial charge in [-0.25, -0.2) is 0 Å². The third-order valence-corrected chi connectivity index (χ3v) is 5.72. The molecule has 144 valence electrons. The maximum absolute atomic E-state index is 12.9. The van der Waals surface area contributed by atoms with E-state index in [1.54, 1.807) is 33.5 Å². The van der Waals surface area contributed by atoms with E-state index in [4.69, 9.17) is 14.2 Å². The molecule has 0 bridgehead atoms. The molecule has 0 N–H and O–H groups in total. The van der Waals surface area contributed by atoms with Gasteiger partial charge in [0.25, 0.3) is 5.91 Å². The van der Waals surface area contributed by atoms with E-state index < -0.39 is 0 Å². The minimum Gasteiger partial charge on any atom is -0.497 e. The molecular formula is C20H30N2O4. The predicted molar refractivity (Wildman–Crippen MR) is 100 cm³/mol. The molecule has 2 fully saturated rings. The molecule has 6 heteroatoms. The first-order valence-electron chi connectivity index (χ1n) is 9.44. The highest BCUT2D eigenvalue weighted by Gasteiger charge is 2.30. The molecule has 1 aromatic rings. The first kappa shape index (κ1) is 19.0. The van der Waals surface area contributed by atoms with Crippen molar-refractivity contribution in [2.24, 2.45) is 0 Å². The molecule has 0 saturated carbocycles. The van der Waals surface area contributed by atoms with E-state index in [0.29, 0.717) is 29.2 Å². The van der Waals surface area contributed by atoms with Crippen molar-refractivity contribution in [1.82, 2.24) is 9.80 Å². The molecule has 0 aromatic heterocycles. The minimum atomic E-state index is 0.0426. The van der Waals surface area contributed by atoms with Crippen molar-refractivity contribution in [1.29, 1.82) is 0 Å². The van der Waals surface area contributed by atoms with Crippen LogP contribution < -0.4 is 9.47 Å². The number of carbonyl (C=O) groups excluding carboxylic acids is 1. The Balaban J connectivity index is 1.57. The van der Waals surface area contributed by atoms with Crippen LogP contribution in [0.5, 0.6) is 11.5 Å². The summed E-state index contributed by atoms with van der Waals surface area (Å²) >= 11 is 0. The highest BCUT2D eigenvalue weighted by molar-refractivity contribution is 5.97. The van der Waals surface area contributed by atoms with Gasteiger partial charge in [-0.05, 0) is 37.8 Å². The van der Waals surface area contributed by atoms with Gasteiger partial charge in [-0.2, -0.15) is 0 Å². The molecule has 0 radical (unpaired) electrons. The van der Waals surface area contributed by atoms with Crippen LogP contribution >= 0.6 is 0 Å². The van der Waals surface area contributed by atoms with E-state index in [1.807, 2.05) is 11.0 Å². The lowest BCUT2D eigenvalue weighted by atomic mass is 9.98. The number of benzene rings is 1. The summed E-state index contributed by atoms with van der Waals surface area (Å²) in [5.74, 6) is 1.30. The van der Waals surface area contributed by atoms with E-state index in [0.717, 1.165) is 51.9 Å². The molecule has 26 heavy (non-hydrogen) atoms. The Labute approximate surface area is 156 Å². The lowest BCUT2D eigenvalue weighted by molar-refractivity contribution is 0.0145. The summed E-state index contributed by atoms with van der Waals surface area (Å²) < 4.78 is 16.1. The van der Waals surface area contributed by atoms with Crippen LogP contribution in [0, 0.1) is 0 Å².